The molecule has 0 aliphatic rings. The van der Waals surface area contributed by atoms with Gasteiger partial charge in [0.2, 0.25) is 0 Å². The van der Waals surface area contributed by atoms with Gasteiger partial charge in [0.15, 0.2) is 0 Å². The first-order chi connectivity index (χ1) is 13.7. The minimum Gasteiger partial charge on any atom is -0.490 e. The van der Waals surface area contributed by atoms with Gasteiger partial charge < -0.3 is 4.74 Å². The highest BCUT2D eigenvalue weighted by Crippen LogP contribution is 2.27. The summed E-state index contributed by atoms with van der Waals surface area (Å²) < 4.78 is 18.3. The summed E-state index contributed by atoms with van der Waals surface area (Å²) in [7, 11) is 0. The van der Waals surface area contributed by atoms with Crippen LogP contribution in [-0.4, -0.2) is 17.8 Å². The van der Waals surface area contributed by atoms with Gasteiger partial charge in [-0.1, -0.05) is 42.8 Å². The Balaban J connectivity index is 1.70. The molecule has 0 spiro atoms. The third-order valence-electron chi connectivity index (χ3n) is 4.40. The van der Waals surface area contributed by atoms with E-state index in [9.17, 15) is 4.39 Å². The van der Waals surface area contributed by atoms with Gasteiger partial charge in [0.05, 0.1) is 6.17 Å². The lowest BCUT2D eigenvalue weighted by atomic mass is 10.0. The summed E-state index contributed by atoms with van der Waals surface area (Å²) in [6.45, 7) is 5.75. The Morgan fingerprint density at radius 3 is 2.64 bits per heavy atom. The van der Waals surface area contributed by atoms with E-state index >= 15 is 0 Å². The van der Waals surface area contributed by atoms with E-state index in [1.807, 2.05) is 30.5 Å². The quantitative estimate of drug-likeness (QED) is 0.274. The van der Waals surface area contributed by atoms with Crippen molar-refractivity contribution >= 4 is 10.8 Å². The number of hydrogen-bond donors (Lipinski definition) is 0. The molecular weight excluding hydrogens is 349 g/mol. The van der Waals surface area contributed by atoms with Gasteiger partial charge in [0, 0.05) is 18.2 Å². The second-order valence-corrected chi connectivity index (χ2v) is 6.73. The maximum atomic E-state index is 12.8. The molecule has 28 heavy (non-hydrogen) atoms. The van der Waals surface area contributed by atoms with Crippen LogP contribution in [0.5, 0.6) is 5.75 Å². The Bertz CT molecular complexity index is 996. The minimum atomic E-state index is -0.757. The summed E-state index contributed by atoms with van der Waals surface area (Å²) in [6.07, 6.45) is 4.86. The van der Waals surface area contributed by atoms with E-state index in [0.29, 0.717) is 19.4 Å². The Labute approximate surface area is 166 Å². The van der Waals surface area contributed by atoms with Crippen LogP contribution < -0.4 is 4.74 Å². The van der Waals surface area contributed by atoms with Crippen molar-refractivity contribution in [2.24, 2.45) is 0 Å². The molecule has 1 unspecified atom stereocenters. The first-order valence-electron chi connectivity index (χ1n) is 9.52. The molecule has 1 heterocycles. The maximum absolute atomic E-state index is 12.8. The fourth-order valence-electron chi connectivity index (χ4n) is 2.91. The zero-order chi connectivity index (χ0) is 19.8. The fraction of sp³-hybridized carbons (Fsp3) is 0.240. The van der Waals surface area contributed by atoms with Gasteiger partial charge in [0.1, 0.15) is 18.1 Å². The number of unbranched alkanes of at least 4 members (excludes halogenated alkanes) is 1. The van der Waals surface area contributed by atoms with E-state index < -0.39 is 6.17 Å². The predicted octanol–water partition coefficient (Wildman–Crippen LogP) is 6.35. The molecule has 0 N–H and O–H groups in total. The standard InChI is InChI=1S/C25H24FNO/c1-3-15-28-25-14-12-20-16-21(9-10-22(20)17-25)23-11-13-24(27-18-23)8-6-4-5-7-19(2)26/h3,9-14,16-19H,1,4-5,7,15H2,2H3. The number of pyridine rings is 1. The van der Waals surface area contributed by atoms with Crippen LogP contribution in [0.1, 0.15) is 31.9 Å². The van der Waals surface area contributed by atoms with Crippen LogP contribution in [0, 0.1) is 11.8 Å². The number of fused-ring (bicyclic) bond motifs is 1. The van der Waals surface area contributed by atoms with Crippen LogP contribution in [-0.2, 0) is 0 Å². The second-order valence-electron chi connectivity index (χ2n) is 6.73. The van der Waals surface area contributed by atoms with Crippen molar-refractivity contribution in [2.45, 2.75) is 32.4 Å². The predicted molar refractivity (Wildman–Crippen MR) is 114 cm³/mol. The lowest BCUT2D eigenvalue weighted by molar-refractivity contribution is 0.336. The van der Waals surface area contributed by atoms with Gasteiger partial charge in [-0.25, -0.2) is 9.37 Å². The van der Waals surface area contributed by atoms with Crippen LogP contribution in [0.25, 0.3) is 21.9 Å². The third kappa shape index (κ3) is 5.44. The highest BCUT2D eigenvalue weighted by Gasteiger charge is 2.02. The zero-order valence-corrected chi connectivity index (χ0v) is 16.1. The molecule has 0 bridgehead atoms. The summed E-state index contributed by atoms with van der Waals surface area (Å²) >= 11 is 0. The van der Waals surface area contributed by atoms with E-state index in [0.717, 1.165) is 39.8 Å². The largest absolute Gasteiger partial charge is 0.490 e. The van der Waals surface area contributed by atoms with Crippen molar-refractivity contribution in [3.63, 3.8) is 0 Å². The zero-order valence-electron chi connectivity index (χ0n) is 16.1. The highest BCUT2D eigenvalue weighted by atomic mass is 19.1. The van der Waals surface area contributed by atoms with Gasteiger partial charge in [0.25, 0.3) is 0 Å². The van der Waals surface area contributed by atoms with Gasteiger partial charge in [-0.05, 0) is 66.3 Å². The first kappa shape index (κ1) is 19.6. The Kier molecular flexibility index (Phi) is 6.81. The molecule has 1 atom stereocenters. The average molecular weight is 373 g/mol. The summed E-state index contributed by atoms with van der Waals surface area (Å²) in [5.41, 5.74) is 2.89. The normalized spacial score (nSPS) is 11.5. The molecule has 3 heteroatoms. The van der Waals surface area contributed by atoms with Crippen LogP contribution >= 0.6 is 0 Å². The maximum Gasteiger partial charge on any atom is 0.120 e. The Morgan fingerprint density at radius 1 is 1.11 bits per heavy atom. The highest BCUT2D eigenvalue weighted by molar-refractivity contribution is 5.88. The van der Waals surface area contributed by atoms with Gasteiger partial charge in [-0.3, -0.25) is 0 Å². The number of hydrogen-bond acceptors (Lipinski definition) is 2. The molecule has 2 aromatic carbocycles. The van der Waals surface area contributed by atoms with Crippen LogP contribution in [0.15, 0.2) is 67.4 Å². The van der Waals surface area contributed by atoms with Gasteiger partial charge >= 0.3 is 0 Å². The van der Waals surface area contributed by atoms with Crippen molar-refractivity contribution in [1.82, 2.24) is 4.98 Å². The summed E-state index contributed by atoms with van der Waals surface area (Å²) in [5.74, 6) is 6.95. The summed E-state index contributed by atoms with van der Waals surface area (Å²) in [5, 5.41) is 2.28. The summed E-state index contributed by atoms with van der Waals surface area (Å²) in [6, 6.07) is 16.3. The van der Waals surface area contributed by atoms with E-state index in [1.54, 1.807) is 13.0 Å². The Hall–Kier alpha value is -3.12. The van der Waals surface area contributed by atoms with Crippen LogP contribution in [0.2, 0.25) is 0 Å². The molecule has 1 aromatic heterocycles. The molecule has 0 saturated heterocycles. The van der Waals surface area contributed by atoms with Crippen LogP contribution in [0.4, 0.5) is 4.39 Å². The number of nitrogens with zero attached hydrogens (tertiary/aromatic N) is 1. The lowest BCUT2D eigenvalue weighted by Gasteiger charge is -2.07. The second kappa shape index (κ2) is 9.71. The molecule has 0 aliphatic heterocycles. The van der Waals surface area contributed by atoms with E-state index in [1.165, 1.54) is 0 Å². The molecule has 142 valence electrons. The smallest absolute Gasteiger partial charge is 0.120 e. The van der Waals surface area contributed by atoms with Gasteiger partial charge in [-0.15, -0.1) is 0 Å². The van der Waals surface area contributed by atoms with E-state index in [4.69, 9.17) is 4.74 Å². The number of alkyl halides is 1. The van der Waals surface area contributed by atoms with Crippen molar-refractivity contribution < 1.29 is 9.13 Å². The SMILES string of the molecule is C=CCOc1ccc2cc(-c3ccc(C#CCCCC(C)F)nc3)ccc2c1. The molecule has 0 saturated carbocycles. The number of benzene rings is 2. The average Bonchev–Trinajstić information content (AvgIpc) is 2.71. The van der Waals surface area contributed by atoms with Crippen molar-refractivity contribution in [1.29, 1.82) is 0 Å². The third-order valence-corrected chi connectivity index (χ3v) is 4.40. The monoisotopic (exact) mass is 373 g/mol. The lowest BCUT2D eigenvalue weighted by Crippen LogP contribution is -1.92. The number of rotatable bonds is 7. The topological polar surface area (TPSA) is 22.1 Å². The molecule has 0 amide bonds. The molecule has 0 radical (unpaired) electrons. The molecule has 3 rings (SSSR count). The molecule has 0 aliphatic carbocycles. The minimum absolute atomic E-state index is 0.499. The number of aromatic nitrogens is 1. The molecular formula is C25H24FNO. The van der Waals surface area contributed by atoms with E-state index in [-0.39, 0.29) is 0 Å². The molecule has 0 fully saturated rings. The first-order valence-corrected chi connectivity index (χ1v) is 9.52. The Morgan fingerprint density at radius 2 is 1.89 bits per heavy atom. The van der Waals surface area contributed by atoms with Crippen molar-refractivity contribution in [3.05, 3.63) is 73.1 Å². The van der Waals surface area contributed by atoms with E-state index in [2.05, 4.69) is 47.7 Å². The summed E-state index contributed by atoms with van der Waals surface area (Å²) in [4.78, 5) is 4.44. The van der Waals surface area contributed by atoms with Crippen LogP contribution in [0.3, 0.4) is 0 Å². The molecule has 2 nitrogen and oxygen atoms in total. The number of halogens is 1. The van der Waals surface area contributed by atoms with Crippen molar-refractivity contribution in [3.8, 4) is 28.7 Å². The number of ether oxygens (including phenoxy) is 1. The fourth-order valence-corrected chi connectivity index (χ4v) is 2.91. The van der Waals surface area contributed by atoms with Gasteiger partial charge in [-0.2, -0.15) is 0 Å². The molecule has 3 aromatic rings. The van der Waals surface area contributed by atoms with Crippen molar-refractivity contribution in [2.75, 3.05) is 6.61 Å².